The fourth-order valence-corrected chi connectivity index (χ4v) is 3.63. The van der Waals surface area contributed by atoms with Gasteiger partial charge in [-0.15, -0.1) is 10.2 Å². The van der Waals surface area contributed by atoms with E-state index in [9.17, 15) is 9.18 Å². The van der Waals surface area contributed by atoms with E-state index in [1.54, 1.807) is 0 Å². The Balaban J connectivity index is 1.86. The monoisotopic (exact) mass is 430 g/mol. The van der Waals surface area contributed by atoms with Gasteiger partial charge in [0, 0.05) is 23.4 Å². The van der Waals surface area contributed by atoms with Crippen molar-refractivity contribution in [2.24, 2.45) is 7.05 Å². The first-order chi connectivity index (χ1) is 13.9. The average Bonchev–Trinajstić information content (AvgIpc) is 3.07. The highest BCUT2D eigenvalue weighted by atomic mass is 35.5. The molecule has 0 aliphatic heterocycles. The van der Waals surface area contributed by atoms with Gasteiger partial charge < -0.3 is 9.88 Å². The van der Waals surface area contributed by atoms with Gasteiger partial charge in [0.2, 0.25) is 0 Å². The maximum Gasteiger partial charge on any atom is 0.251 e. The molecule has 29 heavy (non-hydrogen) atoms. The van der Waals surface area contributed by atoms with Crippen LogP contribution in [0.1, 0.15) is 27.8 Å². The molecule has 0 saturated carbocycles. The smallest absolute Gasteiger partial charge is 0.251 e. The number of hydrogen-bond acceptors (Lipinski definition) is 4. The maximum absolute atomic E-state index is 13.2. The summed E-state index contributed by atoms with van der Waals surface area (Å²) in [6, 6.07) is 14.8. The van der Waals surface area contributed by atoms with Crippen LogP contribution in [0.2, 0.25) is 0 Å². The molecule has 2 aromatic carbocycles. The lowest BCUT2D eigenvalue weighted by Gasteiger charge is -2.18. The Morgan fingerprint density at radius 1 is 1.21 bits per heavy atom. The van der Waals surface area contributed by atoms with E-state index in [-0.39, 0.29) is 5.91 Å². The molecule has 5 nitrogen and oxygen atoms in total. The largest absolute Gasteiger partial charge is 0.342 e. The van der Waals surface area contributed by atoms with Crippen LogP contribution in [-0.4, -0.2) is 26.4 Å². The van der Waals surface area contributed by atoms with Crippen LogP contribution < -0.4 is 5.32 Å². The summed E-state index contributed by atoms with van der Waals surface area (Å²) in [5, 5.41) is 12.7. The van der Waals surface area contributed by atoms with E-state index in [1.807, 2.05) is 41.9 Å². The summed E-state index contributed by atoms with van der Waals surface area (Å²) in [4.78, 5) is 12.7. The molecule has 1 aromatic heterocycles. The van der Waals surface area contributed by atoms with Crippen molar-refractivity contribution in [3.05, 3.63) is 89.0 Å². The van der Waals surface area contributed by atoms with Gasteiger partial charge in [-0.25, -0.2) is 4.39 Å². The third kappa shape index (κ3) is 5.68. The lowest BCUT2D eigenvalue weighted by Crippen LogP contribution is -2.31. The standard InChI is InChI=1S/C21H20ClFN4OS/c1-14(22)13-29-21-26-25-19(27(21)2)18(12-15-6-4-3-5-7-15)24-20(28)16-8-10-17(23)11-9-16/h3-11,18H,1,12-13H2,2H3,(H,24,28)/t18-/m0/s1. The predicted molar refractivity (Wildman–Crippen MR) is 113 cm³/mol. The summed E-state index contributed by atoms with van der Waals surface area (Å²) < 4.78 is 15.0. The Bertz CT molecular complexity index is 992. The zero-order valence-electron chi connectivity index (χ0n) is 15.8. The van der Waals surface area contributed by atoms with Gasteiger partial charge in [0.25, 0.3) is 5.91 Å². The van der Waals surface area contributed by atoms with Crippen LogP contribution in [0.15, 0.2) is 71.4 Å². The number of halogens is 2. The van der Waals surface area contributed by atoms with Crippen LogP contribution in [0.25, 0.3) is 0 Å². The summed E-state index contributed by atoms with van der Waals surface area (Å²) in [5.41, 5.74) is 1.42. The van der Waals surface area contributed by atoms with E-state index in [4.69, 9.17) is 11.6 Å². The number of hydrogen-bond donors (Lipinski definition) is 1. The third-order valence-corrected chi connectivity index (χ3v) is 5.63. The van der Waals surface area contributed by atoms with Gasteiger partial charge in [-0.05, 0) is 36.2 Å². The Morgan fingerprint density at radius 3 is 2.55 bits per heavy atom. The summed E-state index contributed by atoms with van der Waals surface area (Å²) >= 11 is 7.27. The van der Waals surface area contributed by atoms with Crippen molar-refractivity contribution >= 4 is 29.3 Å². The van der Waals surface area contributed by atoms with E-state index >= 15 is 0 Å². The Kier molecular flexibility index (Phi) is 7.06. The van der Waals surface area contributed by atoms with Gasteiger partial charge >= 0.3 is 0 Å². The number of aromatic nitrogens is 3. The molecule has 3 rings (SSSR count). The summed E-state index contributed by atoms with van der Waals surface area (Å²) in [5.74, 6) is 0.432. The van der Waals surface area contributed by atoms with Gasteiger partial charge in [-0.3, -0.25) is 4.79 Å². The molecule has 0 aliphatic rings. The number of nitrogens with zero attached hydrogens (tertiary/aromatic N) is 3. The van der Waals surface area contributed by atoms with Crippen molar-refractivity contribution in [1.82, 2.24) is 20.1 Å². The molecule has 0 saturated heterocycles. The molecule has 0 spiro atoms. The Labute approximate surface area is 178 Å². The zero-order valence-corrected chi connectivity index (χ0v) is 17.4. The minimum absolute atomic E-state index is 0.308. The Hall–Kier alpha value is -2.64. The fourth-order valence-electron chi connectivity index (χ4n) is 2.80. The number of amides is 1. The quantitative estimate of drug-likeness (QED) is 0.534. The van der Waals surface area contributed by atoms with Crippen LogP contribution in [-0.2, 0) is 13.5 Å². The van der Waals surface area contributed by atoms with Gasteiger partial charge in [-0.1, -0.05) is 60.3 Å². The van der Waals surface area contributed by atoms with Crippen molar-refractivity contribution < 1.29 is 9.18 Å². The molecule has 1 N–H and O–H groups in total. The molecule has 0 aliphatic carbocycles. The number of carbonyl (C=O) groups is 1. The van der Waals surface area contributed by atoms with E-state index in [1.165, 1.54) is 36.0 Å². The topological polar surface area (TPSA) is 59.8 Å². The number of nitrogens with one attached hydrogen (secondary N) is 1. The molecular weight excluding hydrogens is 411 g/mol. The first-order valence-electron chi connectivity index (χ1n) is 8.89. The lowest BCUT2D eigenvalue weighted by atomic mass is 10.0. The molecule has 0 fully saturated rings. The lowest BCUT2D eigenvalue weighted by molar-refractivity contribution is 0.0934. The van der Waals surface area contributed by atoms with E-state index in [2.05, 4.69) is 22.1 Å². The molecular formula is C21H20ClFN4OS. The summed E-state index contributed by atoms with van der Waals surface area (Å²) in [6.07, 6.45) is 0.534. The highest BCUT2D eigenvalue weighted by molar-refractivity contribution is 7.99. The minimum atomic E-state index is -0.416. The van der Waals surface area contributed by atoms with Gasteiger partial charge in [0.1, 0.15) is 5.82 Å². The van der Waals surface area contributed by atoms with Crippen molar-refractivity contribution in [2.75, 3.05) is 5.75 Å². The maximum atomic E-state index is 13.2. The minimum Gasteiger partial charge on any atom is -0.342 e. The van der Waals surface area contributed by atoms with Crippen LogP contribution in [0.3, 0.4) is 0 Å². The van der Waals surface area contributed by atoms with Crippen molar-refractivity contribution in [3.8, 4) is 0 Å². The molecule has 0 bridgehead atoms. The highest BCUT2D eigenvalue weighted by Crippen LogP contribution is 2.24. The molecule has 150 valence electrons. The van der Waals surface area contributed by atoms with Crippen molar-refractivity contribution in [3.63, 3.8) is 0 Å². The second-order valence-electron chi connectivity index (χ2n) is 6.43. The summed E-state index contributed by atoms with van der Waals surface area (Å²) in [6.45, 7) is 3.68. The molecule has 1 atom stereocenters. The zero-order chi connectivity index (χ0) is 20.8. The average molecular weight is 431 g/mol. The van der Waals surface area contributed by atoms with E-state index < -0.39 is 11.9 Å². The summed E-state index contributed by atoms with van der Waals surface area (Å²) in [7, 11) is 1.84. The number of benzene rings is 2. The van der Waals surface area contributed by atoms with Crippen molar-refractivity contribution in [2.45, 2.75) is 17.6 Å². The van der Waals surface area contributed by atoms with Gasteiger partial charge in [-0.2, -0.15) is 0 Å². The first-order valence-corrected chi connectivity index (χ1v) is 10.3. The molecule has 0 unspecified atom stereocenters. The molecule has 1 heterocycles. The normalized spacial score (nSPS) is 11.8. The number of rotatable bonds is 8. The van der Waals surface area contributed by atoms with Gasteiger partial charge in [0.15, 0.2) is 11.0 Å². The van der Waals surface area contributed by atoms with E-state index in [0.717, 1.165) is 5.56 Å². The van der Waals surface area contributed by atoms with E-state index in [0.29, 0.717) is 33.8 Å². The number of carbonyl (C=O) groups excluding carboxylic acids is 1. The molecule has 3 aromatic rings. The SMILES string of the molecule is C=C(Cl)CSc1nnc([C@H](Cc2ccccc2)NC(=O)c2ccc(F)cc2)n1C. The number of thioether (sulfide) groups is 1. The predicted octanol–water partition coefficient (Wildman–Crippen LogP) is 4.51. The Morgan fingerprint density at radius 2 is 1.90 bits per heavy atom. The third-order valence-electron chi connectivity index (χ3n) is 4.23. The molecule has 8 heteroatoms. The molecule has 0 radical (unpaired) electrons. The van der Waals surface area contributed by atoms with Crippen molar-refractivity contribution in [1.29, 1.82) is 0 Å². The van der Waals surface area contributed by atoms with Crippen LogP contribution in [0.4, 0.5) is 4.39 Å². The highest BCUT2D eigenvalue weighted by Gasteiger charge is 2.23. The fraction of sp³-hybridized carbons (Fsp3) is 0.190. The van der Waals surface area contributed by atoms with Crippen LogP contribution >= 0.6 is 23.4 Å². The van der Waals surface area contributed by atoms with Gasteiger partial charge in [0.05, 0.1) is 6.04 Å². The van der Waals surface area contributed by atoms with Crippen LogP contribution in [0, 0.1) is 5.82 Å². The molecule has 1 amide bonds. The van der Waals surface area contributed by atoms with Crippen LogP contribution in [0.5, 0.6) is 0 Å². The second-order valence-corrected chi connectivity index (χ2v) is 7.91. The first kappa shape index (κ1) is 21.1. The second kappa shape index (κ2) is 9.71.